The zero-order valence-electron chi connectivity index (χ0n) is 11.7. The van der Waals surface area contributed by atoms with Gasteiger partial charge in [0.1, 0.15) is 0 Å². The van der Waals surface area contributed by atoms with Gasteiger partial charge >= 0.3 is 5.97 Å². The van der Waals surface area contributed by atoms with Gasteiger partial charge in [-0.25, -0.2) is 0 Å². The van der Waals surface area contributed by atoms with E-state index in [1.165, 1.54) is 20.0 Å². The van der Waals surface area contributed by atoms with Crippen molar-refractivity contribution >= 4 is 5.97 Å². The van der Waals surface area contributed by atoms with Crippen LogP contribution in [0.3, 0.4) is 0 Å². The molecule has 0 aromatic carbocycles. The molecule has 0 aliphatic carbocycles. The molecule has 1 rings (SSSR count). The molecule has 4 heteroatoms. The molecule has 1 saturated heterocycles. The summed E-state index contributed by atoms with van der Waals surface area (Å²) in [6, 6.07) is 0. The molecule has 1 heterocycles. The molecular weight excluding hydrogens is 232 g/mol. The molecule has 0 aromatic heterocycles. The van der Waals surface area contributed by atoms with Crippen molar-refractivity contribution in [2.45, 2.75) is 70.7 Å². The fraction of sp³-hybridized carbons (Fsp3) is 0.929. The largest absolute Gasteiger partial charge is 0.469 e. The van der Waals surface area contributed by atoms with Gasteiger partial charge in [-0.3, -0.25) is 4.79 Å². The first-order valence-corrected chi connectivity index (χ1v) is 7.10. The second-order valence-electron chi connectivity index (χ2n) is 4.83. The minimum absolute atomic E-state index is 0.0629. The first-order valence-electron chi connectivity index (χ1n) is 7.10. The van der Waals surface area contributed by atoms with Gasteiger partial charge in [0, 0.05) is 6.61 Å². The Labute approximate surface area is 110 Å². The van der Waals surface area contributed by atoms with E-state index in [1.807, 2.05) is 0 Å². The fourth-order valence-corrected chi connectivity index (χ4v) is 2.14. The van der Waals surface area contributed by atoms with Gasteiger partial charge in [-0.1, -0.05) is 26.2 Å². The van der Waals surface area contributed by atoms with E-state index in [4.69, 9.17) is 14.2 Å². The molecule has 1 aliphatic heterocycles. The van der Waals surface area contributed by atoms with Gasteiger partial charge in [-0.05, 0) is 25.7 Å². The second kappa shape index (κ2) is 9.34. The van der Waals surface area contributed by atoms with Gasteiger partial charge in [0.15, 0.2) is 6.29 Å². The molecule has 0 N–H and O–H groups in total. The third kappa shape index (κ3) is 6.36. The highest BCUT2D eigenvalue weighted by Crippen LogP contribution is 2.19. The number of hydrogen-bond donors (Lipinski definition) is 0. The van der Waals surface area contributed by atoms with E-state index < -0.39 is 0 Å². The van der Waals surface area contributed by atoms with Crippen LogP contribution in [0.2, 0.25) is 0 Å². The van der Waals surface area contributed by atoms with Gasteiger partial charge in [0.05, 0.1) is 19.6 Å². The molecule has 2 unspecified atom stereocenters. The van der Waals surface area contributed by atoms with Crippen molar-refractivity contribution in [3.05, 3.63) is 0 Å². The molecule has 1 aliphatic rings. The van der Waals surface area contributed by atoms with Crippen molar-refractivity contribution in [2.75, 3.05) is 13.7 Å². The Morgan fingerprint density at radius 3 is 2.83 bits per heavy atom. The molecule has 0 bridgehead atoms. The maximum absolute atomic E-state index is 11.4. The molecule has 2 atom stereocenters. The van der Waals surface area contributed by atoms with Crippen molar-refractivity contribution in [1.82, 2.24) is 0 Å². The van der Waals surface area contributed by atoms with E-state index in [2.05, 4.69) is 6.92 Å². The summed E-state index contributed by atoms with van der Waals surface area (Å²) in [5, 5.41) is 0. The molecule has 0 aromatic rings. The van der Waals surface area contributed by atoms with E-state index in [0.717, 1.165) is 38.7 Å². The van der Waals surface area contributed by atoms with Crippen LogP contribution >= 0.6 is 0 Å². The predicted octanol–water partition coefficient (Wildman–Crippen LogP) is 3.04. The maximum Gasteiger partial charge on any atom is 0.308 e. The summed E-state index contributed by atoms with van der Waals surface area (Å²) in [5.74, 6) is -0.202. The third-order valence-electron chi connectivity index (χ3n) is 3.23. The summed E-state index contributed by atoms with van der Waals surface area (Å²) >= 11 is 0. The normalized spacial score (nSPS) is 21.6. The van der Waals surface area contributed by atoms with Crippen LogP contribution in [0, 0.1) is 0 Å². The van der Waals surface area contributed by atoms with Crippen molar-refractivity contribution in [3.8, 4) is 0 Å². The van der Waals surface area contributed by atoms with Crippen LogP contribution in [-0.2, 0) is 19.0 Å². The summed E-state index contributed by atoms with van der Waals surface area (Å²) < 4.78 is 16.2. The lowest BCUT2D eigenvalue weighted by molar-refractivity contribution is -0.193. The topological polar surface area (TPSA) is 44.8 Å². The standard InChI is InChI=1S/C14H26O4/c1-3-4-5-8-12(11-13(15)16-2)18-14-9-6-7-10-17-14/h12,14H,3-11H2,1-2H3. The molecule has 18 heavy (non-hydrogen) atoms. The third-order valence-corrected chi connectivity index (χ3v) is 3.23. The Hall–Kier alpha value is -0.610. The van der Waals surface area contributed by atoms with Crippen molar-refractivity contribution < 1.29 is 19.0 Å². The summed E-state index contributed by atoms with van der Waals surface area (Å²) in [4.78, 5) is 11.4. The Balaban J connectivity index is 2.34. The summed E-state index contributed by atoms with van der Waals surface area (Å²) in [6.07, 6.45) is 7.67. The maximum atomic E-state index is 11.4. The highest BCUT2D eigenvalue weighted by atomic mass is 16.7. The van der Waals surface area contributed by atoms with Gasteiger partial charge in [-0.2, -0.15) is 0 Å². The number of unbranched alkanes of at least 4 members (excludes halogenated alkanes) is 2. The number of hydrogen-bond acceptors (Lipinski definition) is 4. The quantitative estimate of drug-likeness (QED) is 0.496. The first-order chi connectivity index (χ1) is 8.76. The highest BCUT2D eigenvalue weighted by molar-refractivity contribution is 5.69. The summed E-state index contributed by atoms with van der Waals surface area (Å²) in [7, 11) is 1.42. The SMILES string of the molecule is CCCCCC(CC(=O)OC)OC1CCCCO1. The van der Waals surface area contributed by atoms with Crippen LogP contribution in [0.5, 0.6) is 0 Å². The Kier molecular flexibility index (Phi) is 8.01. The lowest BCUT2D eigenvalue weighted by Crippen LogP contribution is -2.29. The van der Waals surface area contributed by atoms with Crippen LogP contribution in [-0.4, -0.2) is 32.1 Å². The van der Waals surface area contributed by atoms with Gasteiger partial charge in [0.2, 0.25) is 0 Å². The molecule has 0 saturated carbocycles. The Morgan fingerprint density at radius 1 is 1.39 bits per heavy atom. The molecule has 106 valence electrons. The van der Waals surface area contributed by atoms with Gasteiger partial charge in [-0.15, -0.1) is 0 Å². The number of carbonyl (C=O) groups excluding carboxylic acids is 1. The van der Waals surface area contributed by atoms with Gasteiger partial charge < -0.3 is 14.2 Å². The lowest BCUT2D eigenvalue weighted by Gasteiger charge is -2.27. The molecule has 0 amide bonds. The first kappa shape index (κ1) is 15.4. The fourth-order valence-electron chi connectivity index (χ4n) is 2.14. The Morgan fingerprint density at radius 2 is 2.22 bits per heavy atom. The summed E-state index contributed by atoms with van der Waals surface area (Å²) in [6.45, 7) is 2.94. The van der Waals surface area contributed by atoms with Gasteiger partial charge in [0.25, 0.3) is 0 Å². The van der Waals surface area contributed by atoms with Crippen molar-refractivity contribution in [3.63, 3.8) is 0 Å². The van der Waals surface area contributed by atoms with E-state index in [9.17, 15) is 4.79 Å². The molecule has 4 nitrogen and oxygen atoms in total. The minimum atomic E-state index is -0.202. The number of rotatable bonds is 8. The predicted molar refractivity (Wildman–Crippen MR) is 69.2 cm³/mol. The smallest absolute Gasteiger partial charge is 0.308 e. The van der Waals surface area contributed by atoms with Crippen molar-refractivity contribution in [2.24, 2.45) is 0 Å². The average Bonchev–Trinajstić information content (AvgIpc) is 2.40. The van der Waals surface area contributed by atoms with Crippen molar-refractivity contribution in [1.29, 1.82) is 0 Å². The van der Waals surface area contributed by atoms with Crippen LogP contribution in [0.1, 0.15) is 58.3 Å². The van der Waals surface area contributed by atoms with E-state index in [0.29, 0.717) is 6.42 Å². The zero-order chi connectivity index (χ0) is 13.2. The lowest BCUT2D eigenvalue weighted by atomic mass is 10.1. The van der Waals surface area contributed by atoms with Crippen LogP contribution in [0.4, 0.5) is 0 Å². The number of ether oxygens (including phenoxy) is 3. The summed E-state index contributed by atoms with van der Waals surface area (Å²) in [5.41, 5.74) is 0. The number of methoxy groups -OCH3 is 1. The van der Waals surface area contributed by atoms with Crippen LogP contribution in [0.15, 0.2) is 0 Å². The van der Waals surface area contributed by atoms with E-state index >= 15 is 0 Å². The second-order valence-corrected chi connectivity index (χ2v) is 4.83. The zero-order valence-corrected chi connectivity index (χ0v) is 11.7. The van der Waals surface area contributed by atoms with E-state index in [-0.39, 0.29) is 18.4 Å². The Bertz CT molecular complexity index is 224. The van der Waals surface area contributed by atoms with Crippen LogP contribution in [0.25, 0.3) is 0 Å². The molecule has 0 radical (unpaired) electrons. The van der Waals surface area contributed by atoms with E-state index in [1.54, 1.807) is 0 Å². The molecular formula is C14H26O4. The van der Waals surface area contributed by atoms with Crippen LogP contribution < -0.4 is 0 Å². The monoisotopic (exact) mass is 258 g/mol. The number of carbonyl (C=O) groups is 1. The molecule has 1 fully saturated rings. The minimum Gasteiger partial charge on any atom is -0.469 e. The highest BCUT2D eigenvalue weighted by Gasteiger charge is 2.22. The average molecular weight is 258 g/mol. The molecule has 0 spiro atoms. The number of esters is 1.